The fourth-order valence-corrected chi connectivity index (χ4v) is 1.46. The lowest BCUT2D eigenvalue weighted by atomic mass is 10.1. The summed E-state index contributed by atoms with van der Waals surface area (Å²) in [5, 5.41) is 12.5. The molecule has 1 aromatic carbocycles. The first-order valence-electron chi connectivity index (χ1n) is 5.64. The number of aromatic nitrogens is 1. The molecule has 1 N–H and O–H groups in total. The highest BCUT2D eigenvalue weighted by Gasteiger charge is 2.12. The van der Waals surface area contributed by atoms with Crippen LogP contribution in [0.2, 0.25) is 0 Å². The molecule has 0 amide bonds. The molecule has 0 saturated heterocycles. The smallest absolute Gasteiger partial charge is 0.374 e. The van der Waals surface area contributed by atoms with Gasteiger partial charge >= 0.3 is 5.97 Å². The molecule has 0 aliphatic rings. The molecule has 0 spiro atoms. The Morgan fingerprint density at radius 1 is 1.47 bits per heavy atom. The topological polar surface area (TPSA) is 72.6 Å². The molecule has 1 aromatic heterocycles. The van der Waals surface area contributed by atoms with Gasteiger partial charge in [-0.25, -0.2) is 4.79 Å². The third-order valence-electron chi connectivity index (χ3n) is 2.34. The molecule has 0 saturated carbocycles. The summed E-state index contributed by atoms with van der Waals surface area (Å²) < 4.78 is 10.2. The molecule has 5 nitrogen and oxygen atoms in total. The summed E-state index contributed by atoms with van der Waals surface area (Å²) in [5.41, 5.74) is 2.11. The van der Waals surface area contributed by atoms with E-state index in [2.05, 4.69) is 11.7 Å². The minimum Gasteiger partial charge on any atom is -0.489 e. The summed E-state index contributed by atoms with van der Waals surface area (Å²) in [4.78, 5) is 10.7. The van der Waals surface area contributed by atoms with Gasteiger partial charge in [-0.3, -0.25) is 0 Å². The Kier molecular flexibility index (Phi) is 3.66. The number of hydrogen-bond acceptors (Lipinski definition) is 4. The maximum atomic E-state index is 10.7. The first-order valence-corrected chi connectivity index (χ1v) is 5.64. The number of carboxylic acids is 1. The number of carbonyl (C=O) groups is 1. The fourth-order valence-electron chi connectivity index (χ4n) is 1.46. The van der Waals surface area contributed by atoms with E-state index < -0.39 is 5.97 Å². The normalized spacial score (nSPS) is 10.2. The van der Waals surface area contributed by atoms with Crippen LogP contribution in [0.15, 0.2) is 47.0 Å². The maximum Gasteiger partial charge on any atom is 0.374 e. The largest absolute Gasteiger partial charge is 0.489 e. The van der Waals surface area contributed by atoms with Crippen LogP contribution in [0.5, 0.6) is 5.75 Å². The second-order valence-electron chi connectivity index (χ2n) is 4.16. The van der Waals surface area contributed by atoms with E-state index in [4.69, 9.17) is 14.4 Å². The zero-order chi connectivity index (χ0) is 13.8. The van der Waals surface area contributed by atoms with E-state index in [1.807, 2.05) is 13.0 Å². The lowest BCUT2D eigenvalue weighted by Gasteiger charge is -2.06. The summed E-state index contributed by atoms with van der Waals surface area (Å²) in [6.07, 6.45) is 0. The second kappa shape index (κ2) is 5.39. The van der Waals surface area contributed by atoms with Gasteiger partial charge in [0.05, 0.1) is 0 Å². The van der Waals surface area contributed by atoms with E-state index >= 15 is 0 Å². The molecule has 0 fully saturated rings. The monoisotopic (exact) mass is 259 g/mol. The average Bonchev–Trinajstić information content (AvgIpc) is 2.86. The number of hydrogen-bond donors (Lipinski definition) is 1. The van der Waals surface area contributed by atoms with Gasteiger partial charge in [-0.05, 0) is 24.6 Å². The van der Waals surface area contributed by atoms with Crippen molar-refractivity contribution in [3.8, 4) is 17.0 Å². The van der Waals surface area contributed by atoms with Gasteiger partial charge < -0.3 is 14.4 Å². The Balaban J connectivity index is 2.21. The zero-order valence-electron chi connectivity index (χ0n) is 10.4. The van der Waals surface area contributed by atoms with Crippen molar-refractivity contribution in [1.29, 1.82) is 0 Å². The van der Waals surface area contributed by atoms with Gasteiger partial charge in [-0.1, -0.05) is 23.9 Å². The molecule has 0 aliphatic heterocycles. The highest BCUT2D eigenvalue weighted by molar-refractivity contribution is 5.85. The Hall–Kier alpha value is -2.56. The summed E-state index contributed by atoms with van der Waals surface area (Å²) >= 11 is 0. The lowest BCUT2D eigenvalue weighted by molar-refractivity contribution is 0.0652. The summed E-state index contributed by atoms with van der Waals surface area (Å²) in [7, 11) is 0. The third kappa shape index (κ3) is 3.22. The van der Waals surface area contributed by atoms with E-state index in [9.17, 15) is 4.79 Å². The van der Waals surface area contributed by atoms with Crippen LogP contribution in [-0.4, -0.2) is 22.8 Å². The second-order valence-corrected chi connectivity index (χ2v) is 4.16. The molecule has 0 aliphatic carbocycles. The summed E-state index contributed by atoms with van der Waals surface area (Å²) in [6, 6.07) is 8.56. The lowest BCUT2D eigenvalue weighted by Crippen LogP contribution is -1.97. The Bertz CT molecular complexity index is 615. The van der Waals surface area contributed by atoms with Gasteiger partial charge in [0.2, 0.25) is 5.76 Å². The highest BCUT2D eigenvalue weighted by atomic mass is 16.5. The average molecular weight is 259 g/mol. The Morgan fingerprint density at radius 3 is 2.89 bits per heavy atom. The molecule has 0 bridgehead atoms. The van der Waals surface area contributed by atoms with Crippen LogP contribution in [0.4, 0.5) is 0 Å². The van der Waals surface area contributed by atoms with Gasteiger partial charge in [-0.15, -0.1) is 0 Å². The van der Waals surface area contributed by atoms with Crippen LogP contribution in [0, 0.1) is 0 Å². The van der Waals surface area contributed by atoms with Crippen molar-refractivity contribution in [2.75, 3.05) is 6.61 Å². The van der Waals surface area contributed by atoms with Crippen molar-refractivity contribution in [2.45, 2.75) is 6.92 Å². The predicted molar refractivity (Wildman–Crippen MR) is 69.2 cm³/mol. The van der Waals surface area contributed by atoms with Crippen LogP contribution in [-0.2, 0) is 0 Å². The SMILES string of the molecule is C=C(C)COc1cccc(-c2cc(C(=O)O)on2)c1. The molecule has 0 radical (unpaired) electrons. The number of benzene rings is 1. The first-order chi connectivity index (χ1) is 9.06. The molecule has 5 heteroatoms. The van der Waals surface area contributed by atoms with Crippen molar-refractivity contribution in [3.05, 3.63) is 48.2 Å². The Labute approximate surface area is 110 Å². The predicted octanol–water partition coefficient (Wildman–Crippen LogP) is 2.99. The first kappa shape index (κ1) is 12.9. The van der Waals surface area contributed by atoms with Crippen LogP contribution in [0.1, 0.15) is 17.5 Å². The van der Waals surface area contributed by atoms with E-state index in [1.165, 1.54) is 6.07 Å². The van der Waals surface area contributed by atoms with Crippen molar-refractivity contribution in [3.63, 3.8) is 0 Å². The van der Waals surface area contributed by atoms with Crippen LogP contribution >= 0.6 is 0 Å². The van der Waals surface area contributed by atoms with Crippen molar-refractivity contribution < 1.29 is 19.2 Å². The molecule has 0 unspecified atom stereocenters. The summed E-state index contributed by atoms with van der Waals surface area (Å²) in [6.45, 7) is 6.06. The van der Waals surface area contributed by atoms with Crippen LogP contribution in [0.25, 0.3) is 11.3 Å². The number of rotatable bonds is 5. The number of ether oxygens (including phenoxy) is 1. The van der Waals surface area contributed by atoms with Gasteiger partial charge in [0, 0.05) is 11.6 Å². The molecule has 0 atom stereocenters. The van der Waals surface area contributed by atoms with Gasteiger partial charge in [-0.2, -0.15) is 0 Å². The molecule has 2 aromatic rings. The van der Waals surface area contributed by atoms with Crippen molar-refractivity contribution in [1.82, 2.24) is 5.16 Å². The molecular formula is C14H13NO4. The van der Waals surface area contributed by atoms with Crippen molar-refractivity contribution >= 4 is 5.97 Å². The van der Waals surface area contributed by atoms with E-state index in [-0.39, 0.29) is 5.76 Å². The number of carboxylic acid groups (broad SMARTS) is 1. The van der Waals surface area contributed by atoms with Crippen molar-refractivity contribution in [2.24, 2.45) is 0 Å². The zero-order valence-corrected chi connectivity index (χ0v) is 10.4. The fraction of sp³-hybridized carbons (Fsp3) is 0.143. The number of aromatic carboxylic acids is 1. The van der Waals surface area contributed by atoms with Gasteiger partial charge in [0.1, 0.15) is 18.1 Å². The van der Waals surface area contributed by atoms with E-state index in [0.29, 0.717) is 18.1 Å². The minimum absolute atomic E-state index is 0.191. The molecule has 1 heterocycles. The highest BCUT2D eigenvalue weighted by Crippen LogP contribution is 2.23. The number of nitrogens with zero attached hydrogens (tertiary/aromatic N) is 1. The minimum atomic E-state index is -1.14. The molecule has 98 valence electrons. The third-order valence-corrected chi connectivity index (χ3v) is 2.34. The van der Waals surface area contributed by atoms with E-state index in [1.54, 1.807) is 18.2 Å². The molecule has 19 heavy (non-hydrogen) atoms. The molecule has 2 rings (SSSR count). The van der Waals surface area contributed by atoms with Crippen LogP contribution < -0.4 is 4.74 Å². The molecular weight excluding hydrogens is 246 g/mol. The maximum absolute atomic E-state index is 10.7. The van der Waals surface area contributed by atoms with E-state index in [0.717, 1.165) is 11.1 Å². The standard InChI is InChI=1S/C14H13NO4/c1-9(2)8-18-11-5-3-4-10(6-11)12-7-13(14(16)17)19-15-12/h3-7H,1,8H2,2H3,(H,16,17). The quantitative estimate of drug-likeness (QED) is 0.835. The Morgan fingerprint density at radius 2 is 2.26 bits per heavy atom. The van der Waals surface area contributed by atoms with Gasteiger partial charge in [0.25, 0.3) is 0 Å². The summed E-state index contributed by atoms with van der Waals surface area (Å²) in [5.74, 6) is -0.669. The van der Waals surface area contributed by atoms with Gasteiger partial charge in [0.15, 0.2) is 0 Å². The van der Waals surface area contributed by atoms with Crippen LogP contribution in [0.3, 0.4) is 0 Å².